The molecular formula is C39H63NO7. The minimum absolute atomic E-state index is 0.0404. The predicted molar refractivity (Wildman–Crippen MR) is 177 cm³/mol. The molecule has 0 aromatic heterocycles. The van der Waals surface area contributed by atoms with E-state index >= 15 is 0 Å². The van der Waals surface area contributed by atoms with Crippen LogP contribution >= 0.6 is 0 Å². The lowest BCUT2D eigenvalue weighted by atomic mass is 9.41. The van der Waals surface area contributed by atoms with Crippen LogP contribution in [0.5, 0.6) is 0 Å². The van der Waals surface area contributed by atoms with E-state index in [0.29, 0.717) is 23.7 Å². The summed E-state index contributed by atoms with van der Waals surface area (Å²) in [6.07, 6.45) is 9.65. The highest BCUT2D eigenvalue weighted by atomic mass is 16.7. The largest absolute Gasteiger partial charge is 0.457 e. The summed E-state index contributed by atoms with van der Waals surface area (Å²) in [6, 6.07) is 0.749. The molecule has 8 nitrogen and oxygen atoms in total. The molecule has 2 saturated heterocycles. The molecule has 47 heavy (non-hydrogen) atoms. The highest BCUT2D eigenvalue weighted by molar-refractivity contribution is 5.66. The summed E-state index contributed by atoms with van der Waals surface area (Å²) in [5, 5.41) is 23.6. The lowest BCUT2D eigenvalue weighted by molar-refractivity contribution is -0.249. The topological polar surface area (TPSA) is 97.7 Å². The fraction of sp³-hybridized carbons (Fsp3) is 0.974. The van der Waals surface area contributed by atoms with Crippen LogP contribution in [-0.2, 0) is 23.7 Å². The minimum atomic E-state index is -1.25. The number of carbonyl (C=O) groups excluding carboxylic acids is 1. The summed E-state index contributed by atoms with van der Waals surface area (Å²) in [5.41, 5.74) is -0.854. The molecular weight excluding hydrogens is 594 g/mol. The third kappa shape index (κ3) is 4.55. The number of aliphatic hydroxyl groups is 2. The molecule has 2 heterocycles. The quantitative estimate of drug-likeness (QED) is 0.351. The maximum atomic E-state index is 12.6. The molecule has 0 aromatic carbocycles. The van der Waals surface area contributed by atoms with E-state index in [-0.39, 0.29) is 52.0 Å². The first kappa shape index (κ1) is 33.4. The van der Waals surface area contributed by atoms with Crippen LogP contribution in [0.4, 0.5) is 0 Å². The average molecular weight is 658 g/mol. The van der Waals surface area contributed by atoms with Crippen molar-refractivity contribution in [3.05, 3.63) is 0 Å². The summed E-state index contributed by atoms with van der Waals surface area (Å²) in [6.45, 7) is 19.7. The number of esters is 1. The van der Waals surface area contributed by atoms with Gasteiger partial charge in [0.25, 0.3) is 0 Å². The van der Waals surface area contributed by atoms with Crippen molar-refractivity contribution in [3.8, 4) is 0 Å². The SMILES string of the molecule is CC(=O)O[C@@H]([C@H]1C[C@@H](C)C2[C@H](O1)[C@H](O)[C@@]1(C)[C@@H]3CC[C@H]4C(C)(C)[C@@H](OC5CN(C6CC6)CCO5)CC[C@@]45C[C@@]35CC[C@]21C)C(C)(C)O. The average Bonchev–Trinajstić information content (AvgIpc) is 3.91. The molecule has 6 aliphatic carbocycles. The van der Waals surface area contributed by atoms with Crippen molar-refractivity contribution in [1.29, 1.82) is 0 Å². The molecule has 2 spiro atoms. The molecule has 0 radical (unpaired) electrons. The van der Waals surface area contributed by atoms with E-state index in [1.807, 2.05) is 0 Å². The van der Waals surface area contributed by atoms with Crippen molar-refractivity contribution in [3.63, 3.8) is 0 Å². The number of fused-ring (bicyclic) bond motifs is 4. The summed E-state index contributed by atoms with van der Waals surface area (Å²) < 4.78 is 25.7. The Bertz CT molecular complexity index is 1260. The highest BCUT2D eigenvalue weighted by Crippen LogP contribution is 2.89. The first-order valence-electron chi connectivity index (χ1n) is 19.2. The molecule has 2 aliphatic heterocycles. The molecule has 2 N–H and O–H groups in total. The summed E-state index contributed by atoms with van der Waals surface area (Å²) in [7, 11) is 0. The first-order valence-corrected chi connectivity index (χ1v) is 19.2. The number of aliphatic hydroxyl groups excluding tert-OH is 1. The molecule has 8 heteroatoms. The second-order valence-corrected chi connectivity index (χ2v) is 19.4. The van der Waals surface area contributed by atoms with Crippen LogP contribution in [-0.4, -0.2) is 89.2 Å². The number of nitrogens with zero attached hydrogens (tertiary/aromatic N) is 1. The Labute approximate surface area is 283 Å². The smallest absolute Gasteiger partial charge is 0.303 e. The van der Waals surface area contributed by atoms with Crippen LogP contribution in [0.1, 0.15) is 120 Å². The van der Waals surface area contributed by atoms with Crippen molar-refractivity contribution in [2.24, 2.45) is 50.7 Å². The van der Waals surface area contributed by atoms with Crippen LogP contribution in [0.2, 0.25) is 0 Å². The van der Waals surface area contributed by atoms with Crippen molar-refractivity contribution < 1.29 is 34.0 Å². The molecule has 8 rings (SSSR count). The summed E-state index contributed by atoms with van der Waals surface area (Å²) >= 11 is 0. The van der Waals surface area contributed by atoms with Gasteiger partial charge in [-0.25, -0.2) is 0 Å². The Morgan fingerprint density at radius 1 is 1.00 bits per heavy atom. The van der Waals surface area contributed by atoms with Crippen molar-refractivity contribution >= 4 is 5.97 Å². The first-order chi connectivity index (χ1) is 22.0. The van der Waals surface area contributed by atoms with Crippen LogP contribution in [0, 0.1) is 50.7 Å². The van der Waals surface area contributed by atoms with Crippen LogP contribution in [0.3, 0.4) is 0 Å². The van der Waals surface area contributed by atoms with Gasteiger partial charge in [0.15, 0.2) is 12.4 Å². The Hall–Kier alpha value is -0.770. The van der Waals surface area contributed by atoms with Gasteiger partial charge in [0.2, 0.25) is 0 Å². The van der Waals surface area contributed by atoms with Crippen LogP contribution in [0.15, 0.2) is 0 Å². The third-order valence-corrected chi connectivity index (χ3v) is 16.5. The number of hydrogen-bond acceptors (Lipinski definition) is 8. The molecule has 266 valence electrons. The number of hydrogen-bond donors (Lipinski definition) is 2. The maximum absolute atomic E-state index is 12.6. The minimum Gasteiger partial charge on any atom is -0.457 e. The van der Waals surface area contributed by atoms with E-state index in [2.05, 4.69) is 39.5 Å². The zero-order chi connectivity index (χ0) is 33.5. The molecule has 2 unspecified atom stereocenters. The van der Waals surface area contributed by atoms with Crippen LogP contribution in [0.25, 0.3) is 0 Å². The van der Waals surface area contributed by atoms with Gasteiger partial charge in [0.1, 0.15) is 0 Å². The number of ether oxygens (including phenoxy) is 4. The van der Waals surface area contributed by atoms with E-state index in [0.717, 1.165) is 45.0 Å². The predicted octanol–water partition coefficient (Wildman–Crippen LogP) is 5.71. The second-order valence-electron chi connectivity index (χ2n) is 19.4. The molecule has 0 aromatic rings. The van der Waals surface area contributed by atoms with E-state index < -0.39 is 29.9 Å². The van der Waals surface area contributed by atoms with E-state index in [1.165, 1.54) is 45.4 Å². The zero-order valence-corrected chi connectivity index (χ0v) is 30.4. The van der Waals surface area contributed by atoms with Gasteiger partial charge in [0, 0.05) is 31.5 Å². The molecule has 14 atom stereocenters. The lowest BCUT2D eigenvalue weighted by Gasteiger charge is -2.64. The summed E-state index contributed by atoms with van der Waals surface area (Å²) in [4.78, 5) is 14.7. The third-order valence-electron chi connectivity index (χ3n) is 16.5. The standard InChI is InChI=1S/C39H63NO7/c1-22-19-25(33(35(5,6)43)45-23(2)41)46-31-30(22)36(7)15-16-39-21-38(39)14-13-28(47-29-20-40(17-18-44-29)24-9-10-24)34(3,4)26(38)11-12-27(39)37(36,8)32(31)42/h22,24-33,42-43H,9-21H2,1-8H3/t22-,25-,26+,27+,28+,29?,30?,31+,32+,33+,36-,37-,38-,39+/m1/s1. The van der Waals surface area contributed by atoms with Gasteiger partial charge in [-0.2, -0.15) is 0 Å². The van der Waals surface area contributed by atoms with Gasteiger partial charge in [-0.3, -0.25) is 9.69 Å². The number of carbonyl (C=O) groups is 1. The monoisotopic (exact) mass is 657 g/mol. The van der Waals surface area contributed by atoms with Gasteiger partial charge in [-0.15, -0.1) is 0 Å². The van der Waals surface area contributed by atoms with E-state index in [1.54, 1.807) is 13.8 Å². The maximum Gasteiger partial charge on any atom is 0.303 e. The Morgan fingerprint density at radius 3 is 2.38 bits per heavy atom. The van der Waals surface area contributed by atoms with Gasteiger partial charge in [-0.1, -0.05) is 34.6 Å². The van der Waals surface area contributed by atoms with Crippen molar-refractivity contribution in [2.45, 2.75) is 168 Å². The zero-order valence-electron chi connectivity index (χ0n) is 30.4. The van der Waals surface area contributed by atoms with Crippen molar-refractivity contribution in [1.82, 2.24) is 4.90 Å². The number of rotatable bonds is 6. The van der Waals surface area contributed by atoms with Crippen molar-refractivity contribution in [2.75, 3.05) is 19.7 Å². The van der Waals surface area contributed by atoms with Gasteiger partial charge in [0.05, 0.1) is 36.6 Å². The Balaban J connectivity index is 1.04. The van der Waals surface area contributed by atoms with E-state index in [4.69, 9.17) is 18.9 Å². The fourth-order valence-electron chi connectivity index (χ4n) is 14.3. The Morgan fingerprint density at radius 2 is 1.70 bits per heavy atom. The van der Waals surface area contributed by atoms with Crippen LogP contribution < -0.4 is 0 Å². The molecule has 0 amide bonds. The molecule has 0 bridgehead atoms. The number of morpholine rings is 1. The van der Waals surface area contributed by atoms with Gasteiger partial charge >= 0.3 is 5.97 Å². The molecule has 8 aliphatic rings. The highest BCUT2D eigenvalue weighted by Gasteiger charge is 2.84. The van der Waals surface area contributed by atoms with Gasteiger partial charge in [-0.05, 0) is 123 Å². The Kier molecular flexibility index (Phi) is 7.55. The van der Waals surface area contributed by atoms with Gasteiger partial charge < -0.3 is 29.2 Å². The summed E-state index contributed by atoms with van der Waals surface area (Å²) in [5.74, 6) is 1.18. The lowest BCUT2D eigenvalue weighted by Crippen LogP contribution is -2.60. The van der Waals surface area contributed by atoms with E-state index in [9.17, 15) is 15.0 Å². The second kappa shape index (κ2) is 10.6. The molecule has 6 saturated carbocycles. The fourth-order valence-corrected chi connectivity index (χ4v) is 14.3. The normalized spacial score (nSPS) is 52.7. The molecule has 8 fully saturated rings.